The van der Waals surface area contributed by atoms with Gasteiger partial charge >= 0.3 is 0 Å². The monoisotopic (exact) mass is 328 g/mol. The number of methoxy groups -OCH3 is 1. The first-order valence-corrected chi connectivity index (χ1v) is 8.30. The Morgan fingerprint density at radius 2 is 1.54 bits per heavy atom. The molecule has 3 rings (SSSR count). The van der Waals surface area contributed by atoms with Gasteiger partial charge in [0.2, 0.25) is 0 Å². The molecule has 0 saturated carbocycles. The van der Waals surface area contributed by atoms with Gasteiger partial charge in [-0.2, -0.15) is 0 Å². The lowest BCUT2D eigenvalue weighted by Gasteiger charge is -2.19. The minimum atomic E-state index is -0.226. The van der Waals surface area contributed by atoms with E-state index in [4.69, 9.17) is 18.9 Å². The fourth-order valence-electron chi connectivity index (χ4n) is 2.80. The molecule has 0 aromatic heterocycles. The number of benzene rings is 2. The van der Waals surface area contributed by atoms with Gasteiger partial charge in [0.1, 0.15) is 6.10 Å². The third-order valence-electron chi connectivity index (χ3n) is 4.13. The molecule has 0 aliphatic carbocycles. The number of hydrogen-bond acceptors (Lipinski definition) is 4. The molecule has 2 aromatic rings. The molecule has 0 bridgehead atoms. The van der Waals surface area contributed by atoms with Crippen molar-refractivity contribution < 1.29 is 18.9 Å². The second kappa shape index (κ2) is 8.94. The Hall–Kier alpha value is -1.72. The Labute approximate surface area is 143 Å². The Balaban J connectivity index is 1.49. The molecule has 3 atom stereocenters. The van der Waals surface area contributed by atoms with E-state index in [1.165, 1.54) is 0 Å². The summed E-state index contributed by atoms with van der Waals surface area (Å²) in [4.78, 5) is 0. The van der Waals surface area contributed by atoms with E-state index >= 15 is 0 Å². The summed E-state index contributed by atoms with van der Waals surface area (Å²) in [6.45, 7) is 1.64. The molecule has 24 heavy (non-hydrogen) atoms. The van der Waals surface area contributed by atoms with Crippen molar-refractivity contribution in [3.63, 3.8) is 0 Å². The molecule has 4 heteroatoms. The van der Waals surface area contributed by atoms with Crippen molar-refractivity contribution >= 4 is 0 Å². The van der Waals surface area contributed by atoms with Crippen molar-refractivity contribution in [2.45, 2.75) is 38.1 Å². The second-order valence-electron chi connectivity index (χ2n) is 5.91. The zero-order chi connectivity index (χ0) is 16.6. The summed E-state index contributed by atoms with van der Waals surface area (Å²) >= 11 is 0. The predicted octanol–water partition coefficient (Wildman–Crippen LogP) is 3.55. The van der Waals surface area contributed by atoms with Crippen LogP contribution in [0.5, 0.6) is 0 Å². The Morgan fingerprint density at radius 1 is 0.917 bits per heavy atom. The summed E-state index contributed by atoms with van der Waals surface area (Å²) in [6, 6.07) is 20.3. The smallest absolute Gasteiger partial charge is 0.160 e. The quantitative estimate of drug-likeness (QED) is 0.742. The van der Waals surface area contributed by atoms with Crippen LogP contribution in [-0.2, 0) is 32.2 Å². The Morgan fingerprint density at radius 3 is 2.17 bits per heavy atom. The summed E-state index contributed by atoms with van der Waals surface area (Å²) in [6.07, 6.45) is 0.368. The van der Waals surface area contributed by atoms with Crippen LogP contribution in [0.2, 0.25) is 0 Å². The van der Waals surface area contributed by atoms with Crippen molar-refractivity contribution in [2.24, 2.45) is 0 Å². The third kappa shape index (κ3) is 4.89. The first kappa shape index (κ1) is 17.1. The average molecular weight is 328 g/mol. The van der Waals surface area contributed by atoms with E-state index in [9.17, 15) is 0 Å². The highest BCUT2D eigenvalue weighted by Gasteiger charge is 2.36. The molecule has 0 N–H and O–H groups in total. The van der Waals surface area contributed by atoms with Crippen molar-refractivity contribution in [2.75, 3.05) is 13.7 Å². The summed E-state index contributed by atoms with van der Waals surface area (Å²) in [7, 11) is 1.66. The number of ether oxygens (including phenoxy) is 4. The summed E-state index contributed by atoms with van der Waals surface area (Å²) in [5.74, 6) is 0. The van der Waals surface area contributed by atoms with E-state index in [0.29, 0.717) is 19.8 Å². The highest BCUT2D eigenvalue weighted by Crippen LogP contribution is 2.25. The first-order valence-electron chi connectivity index (χ1n) is 8.30. The molecule has 0 spiro atoms. The molecule has 1 aliphatic rings. The van der Waals surface area contributed by atoms with E-state index < -0.39 is 0 Å². The zero-order valence-electron chi connectivity index (χ0n) is 14.0. The standard InChI is InChI=1S/C20H24O4/c1-21-20-12-18(23-14-17-10-6-3-7-11-17)19(24-20)15-22-13-16-8-4-2-5-9-16/h2-11,18-20H,12-15H2,1H3/t18-,19-,20+/m1/s1. The summed E-state index contributed by atoms with van der Waals surface area (Å²) in [5, 5.41) is 0. The maximum atomic E-state index is 6.05. The van der Waals surface area contributed by atoms with E-state index in [1.807, 2.05) is 36.4 Å². The fourth-order valence-corrected chi connectivity index (χ4v) is 2.80. The fraction of sp³-hybridized carbons (Fsp3) is 0.400. The second-order valence-corrected chi connectivity index (χ2v) is 5.91. The topological polar surface area (TPSA) is 36.9 Å². The van der Waals surface area contributed by atoms with Gasteiger partial charge in [-0.15, -0.1) is 0 Å². The van der Waals surface area contributed by atoms with Gasteiger partial charge in [-0.1, -0.05) is 60.7 Å². The summed E-state index contributed by atoms with van der Waals surface area (Å²) in [5.41, 5.74) is 2.31. The summed E-state index contributed by atoms with van der Waals surface area (Å²) < 4.78 is 23.1. The van der Waals surface area contributed by atoms with Gasteiger partial charge in [0, 0.05) is 13.5 Å². The molecule has 2 aromatic carbocycles. The van der Waals surface area contributed by atoms with Gasteiger partial charge < -0.3 is 18.9 Å². The Kier molecular flexibility index (Phi) is 6.38. The van der Waals surface area contributed by atoms with Gasteiger partial charge in [0.25, 0.3) is 0 Å². The largest absolute Gasteiger partial charge is 0.374 e. The van der Waals surface area contributed by atoms with Crippen molar-refractivity contribution in [1.29, 1.82) is 0 Å². The van der Waals surface area contributed by atoms with Gasteiger partial charge in [0.15, 0.2) is 6.29 Å². The molecule has 4 nitrogen and oxygen atoms in total. The van der Waals surface area contributed by atoms with Crippen LogP contribution in [0, 0.1) is 0 Å². The van der Waals surface area contributed by atoms with Gasteiger partial charge in [0.05, 0.1) is 25.9 Å². The van der Waals surface area contributed by atoms with E-state index in [1.54, 1.807) is 7.11 Å². The molecule has 1 heterocycles. The SMILES string of the molecule is CO[C@@H]1C[C@@H](OCc2ccccc2)[C@@H](COCc2ccccc2)O1. The van der Waals surface area contributed by atoms with Gasteiger partial charge in [-0.05, 0) is 11.1 Å². The van der Waals surface area contributed by atoms with Crippen LogP contribution in [-0.4, -0.2) is 32.2 Å². The molecule has 0 amide bonds. The van der Waals surface area contributed by atoms with Crippen LogP contribution in [0.4, 0.5) is 0 Å². The van der Waals surface area contributed by atoms with Crippen LogP contribution in [0.25, 0.3) is 0 Å². The van der Waals surface area contributed by atoms with Crippen molar-refractivity contribution in [3.8, 4) is 0 Å². The van der Waals surface area contributed by atoms with Crippen molar-refractivity contribution in [3.05, 3.63) is 71.8 Å². The van der Waals surface area contributed by atoms with Crippen LogP contribution in [0.1, 0.15) is 17.5 Å². The Bertz CT molecular complexity index is 587. The molecular weight excluding hydrogens is 304 g/mol. The first-order chi connectivity index (χ1) is 11.8. The highest BCUT2D eigenvalue weighted by atomic mass is 16.7. The molecule has 0 radical (unpaired) electrons. The van der Waals surface area contributed by atoms with Crippen LogP contribution in [0.15, 0.2) is 60.7 Å². The minimum absolute atomic E-state index is 0.0223. The van der Waals surface area contributed by atoms with Crippen LogP contribution >= 0.6 is 0 Å². The van der Waals surface area contributed by atoms with E-state index in [2.05, 4.69) is 24.3 Å². The molecule has 0 unspecified atom stereocenters. The lowest BCUT2D eigenvalue weighted by molar-refractivity contribution is -0.137. The van der Waals surface area contributed by atoms with Gasteiger partial charge in [-0.25, -0.2) is 0 Å². The van der Waals surface area contributed by atoms with Crippen LogP contribution in [0.3, 0.4) is 0 Å². The average Bonchev–Trinajstić information content (AvgIpc) is 3.04. The third-order valence-corrected chi connectivity index (χ3v) is 4.13. The maximum absolute atomic E-state index is 6.05. The lowest BCUT2D eigenvalue weighted by Crippen LogP contribution is -2.29. The van der Waals surface area contributed by atoms with Gasteiger partial charge in [-0.3, -0.25) is 0 Å². The molecule has 1 aliphatic heterocycles. The molecule has 128 valence electrons. The molecule has 1 fully saturated rings. The van der Waals surface area contributed by atoms with E-state index in [0.717, 1.165) is 17.5 Å². The lowest BCUT2D eigenvalue weighted by atomic mass is 10.2. The van der Waals surface area contributed by atoms with Crippen molar-refractivity contribution in [1.82, 2.24) is 0 Å². The normalized spacial score (nSPS) is 23.5. The van der Waals surface area contributed by atoms with Crippen LogP contribution < -0.4 is 0 Å². The number of rotatable bonds is 8. The molecular formula is C20H24O4. The zero-order valence-corrected chi connectivity index (χ0v) is 14.0. The van der Waals surface area contributed by atoms with E-state index in [-0.39, 0.29) is 18.5 Å². The molecule has 1 saturated heterocycles. The maximum Gasteiger partial charge on any atom is 0.160 e. The predicted molar refractivity (Wildman–Crippen MR) is 91.4 cm³/mol. The highest BCUT2D eigenvalue weighted by molar-refractivity contribution is 5.14. The number of hydrogen-bond donors (Lipinski definition) is 0. The minimum Gasteiger partial charge on any atom is -0.374 e.